The second-order valence-electron chi connectivity index (χ2n) is 2.04. The minimum Gasteiger partial charge on any atom is -0.392 e. The third kappa shape index (κ3) is 1.25. The van der Waals surface area contributed by atoms with Crippen molar-refractivity contribution < 1.29 is 19.1 Å². The van der Waals surface area contributed by atoms with Gasteiger partial charge in [-0.15, -0.1) is 0 Å². The van der Waals surface area contributed by atoms with E-state index in [-0.39, 0.29) is 0 Å². The SMILES string of the molecule is O=C1N=CC(F)(CO)C(=O)N1. The van der Waals surface area contributed by atoms with E-state index in [9.17, 15) is 14.0 Å². The molecule has 0 saturated heterocycles. The number of hydrogen-bond acceptors (Lipinski definition) is 3. The second kappa shape index (κ2) is 2.39. The van der Waals surface area contributed by atoms with E-state index in [1.54, 1.807) is 5.32 Å². The van der Waals surface area contributed by atoms with Crippen LogP contribution in [0.5, 0.6) is 0 Å². The molecule has 1 unspecified atom stereocenters. The number of alkyl halides is 1. The summed E-state index contributed by atoms with van der Waals surface area (Å²) in [5.74, 6) is -1.18. The van der Waals surface area contributed by atoms with Crippen LogP contribution < -0.4 is 5.32 Å². The van der Waals surface area contributed by atoms with Crippen molar-refractivity contribution >= 4 is 18.2 Å². The summed E-state index contributed by atoms with van der Waals surface area (Å²) < 4.78 is 12.9. The number of imide groups is 1. The number of rotatable bonds is 1. The molecule has 0 aliphatic carbocycles. The summed E-state index contributed by atoms with van der Waals surface area (Å²) in [6.07, 6.45) is 0.494. The maximum absolute atomic E-state index is 12.9. The lowest BCUT2D eigenvalue weighted by Gasteiger charge is -2.18. The summed E-state index contributed by atoms with van der Waals surface area (Å²) in [6.45, 7) is -1.02. The van der Waals surface area contributed by atoms with E-state index in [2.05, 4.69) is 4.99 Å². The lowest BCUT2D eigenvalue weighted by Crippen LogP contribution is -2.52. The summed E-state index contributed by atoms with van der Waals surface area (Å²) in [5.41, 5.74) is -2.55. The van der Waals surface area contributed by atoms with Crippen LogP contribution in [0, 0.1) is 0 Å². The Hall–Kier alpha value is -1.30. The fourth-order valence-corrected chi connectivity index (χ4v) is 0.565. The second-order valence-corrected chi connectivity index (χ2v) is 2.04. The molecule has 3 amide bonds. The van der Waals surface area contributed by atoms with E-state index < -0.39 is 24.2 Å². The van der Waals surface area contributed by atoms with Gasteiger partial charge in [0.15, 0.2) is 0 Å². The molecule has 1 aliphatic rings. The number of nitrogens with zero attached hydrogens (tertiary/aromatic N) is 1. The molecule has 6 heteroatoms. The number of aliphatic imine (C=N–C) groups is 1. The lowest BCUT2D eigenvalue weighted by atomic mass is 10.1. The fraction of sp³-hybridized carbons (Fsp3) is 0.400. The van der Waals surface area contributed by atoms with Crippen molar-refractivity contribution in [2.45, 2.75) is 5.67 Å². The molecule has 1 rings (SSSR count). The van der Waals surface area contributed by atoms with Crippen LogP contribution in [0.3, 0.4) is 0 Å². The van der Waals surface area contributed by atoms with Crippen LogP contribution in [0.4, 0.5) is 9.18 Å². The summed E-state index contributed by atoms with van der Waals surface area (Å²) in [7, 11) is 0. The van der Waals surface area contributed by atoms with Gasteiger partial charge < -0.3 is 5.11 Å². The Morgan fingerprint density at radius 1 is 1.73 bits per heavy atom. The molecule has 0 saturated carbocycles. The first-order chi connectivity index (χ1) is 5.08. The Balaban J connectivity index is 2.92. The van der Waals surface area contributed by atoms with Crippen LogP contribution in [0.2, 0.25) is 0 Å². The van der Waals surface area contributed by atoms with Crippen molar-refractivity contribution in [3.63, 3.8) is 0 Å². The molecule has 0 radical (unpaired) electrons. The number of carbonyl (C=O) groups excluding carboxylic acids is 2. The van der Waals surface area contributed by atoms with Gasteiger partial charge in [-0.2, -0.15) is 0 Å². The Kier molecular flexibility index (Phi) is 1.69. The lowest BCUT2D eigenvalue weighted by molar-refractivity contribution is -0.129. The fourth-order valence-electron chi connectivity index (χ4n) is 0.565. The van der Waals surface area contributed by atoms with Gasteiger partial charge in [0.1, 0.15) is 0 Å². The molecule has 0 spiro atoms. The number of hydrogen-bond donors (Lipinski definition) is 2. The van der Waals surface area contributed by atoms with E-state index in [1.807, 2.05) is 0 Å². The van der Waals surface area contributed by atoms with Gasteiger partial charge in [-0.25, -0.2) is 14.2 Å². The molecule has 1 aliphatic heterocycles. The van der Waals surface area contributed by atoms with Crippen LogP contribution in [-0.4, -0.2) is 35.5 Å². The normalized spacial score (nSPS) is 30.4. The monoisotopic (exact) mass is 160 g/mol. The van der Waals surface area contributed by atoms with Gasteiger partial charge in [0.2, 0.25) is 5.67 Å². The molecule has 0 aromatic carbocycles. The highest BCUT2D eigenvalue weighted by molar-refractivity contribution is 6.14. The number of nitrogens with one attached hydrogen (secondary N) is 1. The molecule has 11 heavy (non-hydrogen) atoms. The number of halogens is 1. The third-order valence-corrected chi connectivity index (χ3v) is 1.21. The van der Waals surface area contributed by atoms with Crippen molar-refractivity contribution in [3.8, 4) is 0 Å². The zero-order chi connectivity index (χ0) is 8.48. The molecular formula is C5H5FN2O3. The topological polar surface area (TPSA) is 78.8 Å². The molecule has 60 valence electrons. The maximum atomic E-state index is 12.9. The predicted molar refractivity (Wildman–Crippen MR) is 33.0 cm³/mol. The number of aliphatic hydroxyl groups is 1. The summed E-state index contributed by atoms with van der Waals surface area (Å²) >= 11 is 0. The van der Waals surface area contributed by atoms with E-state index in [0.29, 0.717) is 6.21 Å². The van der Waals surface area contributed by atoms with E-state index in [4.69, 9.17) is 5.11 Å². The van der Waals surface area contributed by atoms with Gasteiger partial charge in [0.05, 0.1) is 12.8 Å². The van der Waals surface area contributed by atoms with Crippen molar-refractivity contribution in [1.82, 2.24) is 5.32 Å². The standard InChI is InChI=1S/C5H5FN2O3/c6-5(2-9)1-7-4(11)8-3(5)10/h1,9H,2H2,(H,8,10,11). The number of carbonyl (C=O) groups is 2. The molecule has 0 bridgehead atoms. The molecule has 1 heterocycles. The highest BCUT2D eigenvalue weighted by Gasteiger charge is 2.40. The molecule has 1 atom stereocenters. The first-order valence-electron chi connectivity index (χ1n) is 2.79. The summed E-state index contributed by atoms with van der Waals surface area (Å²) in [4.78, 5) is 23.9. The van der Waals surface area contributed by atoms with Crippen LogP contribution in [0.1, 0.15) is 0 Å². The Labute approximate surface area is 60.9 Å². The van der Waals surface area contributed by atoms with Crippen LogP contribution in [0.25, 0.3) is 0 Å². The molecule has 0 aromatic rings. The van der Waals surface area contributed by atoms with Crippen molar-refractivity contribution in [2.75, 3.05) is 6.61 Å². The van der Waals surface area contributed by atoms with Gasteiger partial charge >= 0.3 is 6.03 Å². The van der Waals surface area contributed by atoms with E-state index in [0.717, 1.165) is 0 Å². The Morgan fingerprint density at radius 2 is 2.36 bits per heavy atom. The minimum absolute atomic E-state index is 0.494. The van der Waals surface area contributed by atoms with Gasteiger partial charge in [0, 0.05) is 0 Å². The molecular weight excluding hydrogens is 155 g/mol. The maximum Gasteiger partial charge on any atom is 0.347 e. The van der Waals surface area contributed by atoms with Gasteiger partial charge in [-0.05, 0) is 0 Å². The quantitative estimate of drug-likeness (QED) is 0.516. The van der Waals surface area contributed by atoms with Gasteiger partial charge in [-0.1, -0.05) is 0 Å². The van der Waals surface area contributed by atoms with Crippen molar-refractivity contribution in [3.05, 3.63) is 0 Å². The Morgan fingerprint density at radius 3 is 2.82 bits per heavy atom. The average Bonchev–Trinajstić information content (AvgIpc) is 1.98. The minimum atomic E-state index is -2.55. The number of urea groups is 1. The molecule has 5 nitrogen and oxygen atoms in total. The third-order valence-electron chi connectivity index (χ3n) is 1.21. The van der Waals surface area contributed by atoms with Crippen LogP contribution in [-0.2, 0) is 4.79 Å². The zero-order valence-corrected chi connectivity index (χ0v) is 5.37. The largest absolute Gasteiger partial charge is 0.392 e. The van der Waals surface area contributed by atoms with Crippen LogP contribution in [0.15, 0.2) is 4.99 Å². The molecule has 2 N–H and O–H groups in total. The first-order valence-corrected chi connectivity index (χ1v) is 2.79. The first kappa shape index (κ1) is 7.80. The summed E-state index contributed by atoms with van der Waals surface area (Å²) in [5, 5.41) is 9.98. The average molecular weight is 160 g/mol. The highest BCUT2D eigenvalue weighted by atomic mass is 19.1. The highest BCUT2D eigenvalue weighted by Crippen LogP contribution is 2.10. The van der Waals surface area contributed by atoms with Crippen molar-refractivity contribution in [2.24, 2.45) is 4.99 Å². The summed E-state index contributed by atoms with van der Waals surface area (Å²) in [6, 6.07) is -0.920. The number of amides is 3. The number of aliphatic hydroxyl groups excluding tert-OH is 1. The molecule has 0 aromatic heterocycles. The van der Waals surface area contributed by atoms with E-state index >= 15 is 0 Å². The van der Waals surface area contributed by atoms with Gasteiger partial charge in [-0.3, -0.25) is 10.1 Å². The predicted octanol–water partition coefficient (Wildman–Crippen LogP) is -0.992. The van der Waals surface area contributed by atoms with Crippen LogP contribution >= 0.6 is 0 Å². The van der Waals surface area contributed by atoms with Crippen molar-refractivity contribution in [1.29, 1.82) is 0 Å². The van der Waals surface area contributed by atoms with Gasteiger partial charge in [0.25, 0.3) is 5.91 Å². The Bertz CT molecular complexity index is 240. The zero-order valence-electron chi connectivity index (χ0n) is 5.37. The molecule has 0 fully saturated rings. The van der Waals surface area contributed by atoms with E-state index in [1.165, 1.54) is 0 Å². The smallest absolute Gasteiger partial charge is 0.347 e.